The first kappa shape index (κ1) is 15.7. The zero-order valence-corrected chi connectivity index (χ0v) is 13.8. The first-order chi connectivity index (χ1) is 8.40. The number of likely N-dealkylation sites (N-methyl/N-ethyl adjacent to an activating group) is 2. The van der Waals surface area contributed by atoms with Gasteiger partial charge in [-0.15, -0.1) is 11.3 Å². The number of thiophene rings is 1. The Kier molecular flexibility index (Phi) is 5.82. The number of carbonyl (C=O) groups excluding carboxylic acids is 1. The molecule has 1 N–H and O–H groups in total. The molecule has 0 bridgehead atoms. The lowest BCUT2D eigenvalue weighted by Crippen LogP contribution is -2.53. The smallest absolute Gasteiger partial charge is 0.242 e. The van der Waals surface area contributed by atoms with Gasteiger partial charge in [0.25, 0.3) is 0 Å². The molecule has 0 aliphatic heterocycles. The predicted octanol–water partition coefficient (Wildman–Crippen LogP) is 3.25. The van der Waals surface area contributed by atoms with Crippen LogP contribution in [0.3, 0.4) is 0 Å². The molecule has 102 valence electrons. The predicted molar refractivity (Wildman–Crippen MR) is 80.9 cm³/mol. The second-order valence-electron chi connectivity index (χ2n) is 4.68. The molecule has 0 fully saturated rings. The number of rotatable bonds is 6. The third-order valence-electron chi connectivity index (χ3n) is 2.80. The maximum atomic E-state index is 12.5. The minimum Gasteiger partial charge on any atom is -0.336 e. The Morgan fingerprint density at radius 2 is 2.11 bits per heavy atom. The molecular formula is C13H21BrN2OS. The van der Waals surface area contributed by atoms with Gasteiger partial charge in [0, 0.05) is 11.4 Å². The molecule has 1 aromatic rings. The van der Waals surface area contributed by atoms with Crippen molar-refractivity contribution in [2.24, 2.45) is 0 Å². The topological polar surface area (TPSA) is 32.3 Å². The molecule has 0 atom stereocenters. The average Bonchev–Trinajstić information content (AvgIpc) is 2.70. The van der Waals surface area contributed by atoms with E-state index in [1.165, 1.54) is 4.88 Å². The molecule has 1 amide bonds. The molecule has 5 heteroatoms. The lowest BCUT2D eigenvalue weighted by molar-refractivity contribution is -0.137. The van der Waals surface area contributed by atoms with Crippen molar-refractivity contribution in [2.45, 2.75) is 39.8 Å². The van der Waals surface area contributed by atoms with E-state index < -0.39 is 5.54 Å². The Hall–Kier alpha value is -0.390. The molecule has 0 aliphatic carbocycles. The first-order valence-corrected chi connectivity index (χ1v) is 7.80. The van der Waals surface area contributed by atoms with Crippen LogP contribution in [-0.4, -0.2) is 29.4 Å². The van der Waals surface area contributed by atoms with Gasteiger partial charge >= 0.3 is 0 Å². The third-order valence-corrected chi connectivity index (χ3v) is 4.41. The molecule has 1 aromatic heterocycles. The van der Waals surface area contributed by atoms with Gasteiger partial charge in [-0.05, 0) is 55.4 Å². The van der Waals surface area contributed by atoms with E-state index in [2.05, 4.69) is 27.3 Å². The van der Waals surface area contributed by atoms with Crippen molar-refractivity contribution < 1.29 is 4.79 Å². The maximum Gasteiger partial charge on any atom is 0.242 e. The SMILES string of the molecule is CCNC(C)(C)C(=O)N(CC)Cc1ccc(Br)s1. The summed E-state index contributed by atoms with van der Waals surface area (Å²) in [6, 6.07) is 4.08. The number of hydrogen-bond donors (Lipinski definition) is 1. The Morgan fingerprint density at radius 3 is 2.56 bits per heavy atom. The van der Waals surface area contributed by atoms with Gasteiger partial charge in [-0.2, -0.15) is 0 Å². The fraction of sp³-hybridized carbons (Fsp3) is 0.615. The van der Waals surface area contributed by atoms with Gasteiger partial charge in [-0.3, -0.25) is 4.79 Å². The largest absolute Gasteiger partial charge is 0.336 e. The molecule has 3 nitrogen and oxygen atoms in total. The summed E-state index contributed by atoms with van der Waals surface area (Å²) in [7, 11) is 0. The van der Waals surface area contributed by atoms with Gasteiger partial charge in [0.1, 0.15) is 0 Å². The van der Waals surface area contributed by atoms with E-state index in [4.69, 9.17) is 0 Å². The zero-order chi connectivity index (χ0) is 13.8. The number of amides is 1. The lowest BCUT2D eigenvalue weighted by atomic mass is 10.0. The van der Waals surface area contributed by atoms with E-state index >= 15 is 0 Å². The van der Waals surface area contributed by atoms with Crippen molar-refractivity contribution in [1.82, 2.24) is 10.2 Å². The number of halogens is 1. The van der Waals surface area contributed by atoms with Crippen LogP contribution in [0, 0.1) is 0 Å². The summed E-state index contributed by atoms with van der Waals surface area (Å²) >= 11 is 5.12. The van der Waals surface area contributed by atoms with Crippen molar-refractivity contribution >= 4 is 33.2 Å². The quantitative estimate of drug-likeness (QED) is 0.867. The van der Waals surface area contributed by atoms with Crippen LogP contribution in [0.5, 0.6) is 0 Å². The van der Waals surface area contributed by atoms with Gasteiger partial charge in [0.2, 0.25) is 5.91 Å². The van der Waals surface area contributed by atoms with Crippen LogP contribution < -0.4 is 5.32 Å². The van der Waals surface area contributed by atoms with Gasteiger partial charge in [-0.25, -0.2) is 0 Å². The van der Waals surface area contributed by atoms with Gasteiger partial charge in [-0.1, -0.05) is 6.92 Å². The van der Waals surface area contributed by atoms with Crippen molar-refractivity contribution in [2.75, 3.05) is 13.1 Å². The van der Waals surface area contributed by atoms with Crippen molar-refractivity contribution in [3.05, 3.63) is 20.8 Å². The highest BCUT2D eigenvalue weighted by Gasteiger charge is 2.30. The molecule has 0 aromatic carbocycles. The fourth-order valence-electron chi connectivity index (χ4n) is 1.86. The van der Waals surface area contributed by atoms with Crippen LogP contribution in [0.25, 0.3) is 0 Å². The number of carbonyl (C=O) groups is 1. The van der Waals surface area contributed by atoms with E-state index in [0.717, 1.165) is 16.9 Å². The summed E-state index contributed by atoms with van der Waals surface area (Å²) < 4.78 is 1.10. The molecule has 1 rings (SSSR count). The van der Waals surface area contributed by atoms with Gasteiger partial charge < -0.3 is 10.2 Å². The van der Waals surface area contributed by atoms with Crippen LogP contribution in [0.1, 0.15) is 32.6 Å². The fourth-order valence-corrected chi connectivity index (χ4v) is 3.36. The Balaban J connectivity index is 2.74. The number of nitrogens with zero attached hydrogens (tertiary/aromatic N) is 1. The van der Waals surface area contributed by atoms with Crippen molar-refractivity contribution in [3.8, 4) is 0 Å². The molecule has 0 spiro atoms. The summed E-state index contributed by atoms with van der Waals surface area (Å²) in [6.07, 6.45) is 0. The number of hydrogen-bond acceptors (Lipinski definition) is 3. The van der Waals surface area contributed by atoms with E-state index in [-0.39, 0.29) is 5.91 Å². The highest BCUT2D eigenvalue weighted by molar-refractivity contribution is 9.11. The van der Waals surface area contributed by atoms with Crippen molar-refractivity contribution in [1.29, 1.82) is 0 Å². The summed E-state index contributed by atoms with van der Waals surface area (Å²) in [5, 5.41) is 3.23. The van der Waals surface area contributed by atoms with Crippen LogP contribution in [0.2, 0.25) is 0 Å². The Bertz CT molecular complexity index is 403. The van der Waals surface area contributed by atoms with Crippen LogP contribution in [0.15, 0.2) is 15.9 Å². The van der Waals surface area contributed by atoms with E-state index in [0.29, 0.717) is 6.54 Å². The van der Waals surface area contributed by atoms with E-state index in [9.17, 15) is 4.79 Å². The highest BCUT2D eigenvalue weighted by atomic mass is 79.9. The second kappa shape index (κ2) is 6.68. The zero-order valence-electron chi connectivity index (χ0n) is 11.4. The lowest BCUT2D eigenvalue weighted by Gasteiger charge is -2.31. The van der Waals surface area contributed by atoms with Crippen LogP contribution in [-0.2, 0) is 11.3 Å². The minimum atomic E-state index is -0.501. The van der Waals surface area contributed by atoms with Crippen molar-refractivity contribution in [3.63, 3.8) is 0 Å². The Labute approximate surface area is 122 Å². The molecular weight excluding hydrogens is 312 g/mol. The van der Waals surface area contributed by atoms with E-state index in [1.807, 2.05) is 38.7 Å². The second-order valence-corrected chi connectivity index (χ2v) is 7.23. The Morgan fingerprint density at radius 1 is 1.44 bits per heavy atom. The highest BCUT2D eigenvalue weighted by Crippen LogP contribution is 2.24. The standard InChI is InChI=1S/C13H21BrN2OS/c1-5-15-13(3,4)12(17)16(6-2)9-10-7-8-11(14)18-10/h7-8,15H,5-6,9H2,1-4H3. The average molecular weight is 333 g/mol. The normalized spacial score (nSPS) is 11.6. The maximum absolute atomic E-state index is 12.5. The molecule has 0 unspecified atom stereocenters. The summed E-state index contributed by atoms with van der Waals surface area (Å²) in [6.45, 7) is 10.1. The summed E-state index contributed by atoms with van der Waals surface area (Å²) in [4.78, 5) is 15.5. The van der Waals surface area contributed by atoms with Gasteiger partial charge in [0.05, 0.1) is 15.9 Å². The molecule has 0 saturated heterocycles. The first-order valence-electron chi connectivity index (χ1n) is 6.19. The molecule has 1 heterocycles. The summed E-state index contributed by atoms with van der Waals surface area (Å²) in [5.74, 6) is 0.149. The molecule has 18 heavy (non-hydrogen) atoms. The number of nitrogens with one attached hydrogen (secondary N) is 1. The van der Waals surface area contributed by atoms with Gasteiger partial charge in [0.15, 0.2) is 0 Å². The molecule has 0 radical (unpaired) electrons. The van der Waals surface area contributed by atoms with E-state index in [1.54, 1.807) is 11.3 Å². The third kappa shape index (κ3) is 4.07. The minimum absolute atomic E-state index is 0.149. The van der Waals surface area contributed by atoms with Crippen LogP contribution in [0.4, 0.5) is 0 Å². The molecule has 0 saturated carbocycles. The monoisotopic (exact) mass is 332 g/mol. The summed E-state index contributed by atoms with van der Waals surface area (Å²) in [5.41, 5.74) is -0.501. The van der Waals surface area contributed by atoms with Crippen LogP contribution >= 0.6 is 27.3 Å². The molecule has 0 aliphatic rings.